The molecule has 0 amide bonds. The van der Waals surface area contributed by atoms with Crippen LogP contribution in [0.15, 0.2) is 37.0 Å². The van der Waals surface area contributed by atoms with Gasteiger partial charge < -0.3 is 19.3 Å². The fourth-order valence-electron chi connectivity index (χ4n) is 0.980. The fourth-order valence-corrected chi connectivity index (χ4v) is 0.980. The molecule has 0 saturated carbocycles. The number of carboxylic acid groups (broad SMARTS) is 1. The van der Waals surface area contributed by atoms with E-state index in [2.05, 4.69) is 26.7 Å². The molecule has 0 spiro atoms. The Bertz CT molecular complexity index is 479. The van der Waals surface area contributed by atoms with Crippen LogP contribution in [0.25, 0.3) is 0 Å². The standard InChI is InChI=1S/C10H18O3.C7H12O2.C3H4O2/c1-4-5-6-12-7-8-13-10(11)9(2)3;1-5(2)7(8)9-6(3)4;1-2-3(4)5/h2,4-8H2,1,3H3;6H,1H2,2-4H3;2H,1H2,(H,4,5). The van der Waals surface area contributed by atoms with E-state index in [1.807, 2.05) is 0 Å². The summed E-state index contributed by atoms with van der Waals surface area (Å²) >= 11 is 0. The predicted octanol–water partition coefficient (Wildman–Crippen LogP) is 3.69. The number of unbranched alkanes of at least 4 members (excludes halogenated alkanes) is 1. The number of carbonyl (C=O) groups excluding carboxylic acids is 2. The Kier molecular flexibility index (Phi) is 21.6. The molecule has 0 bridgehead atoms. The van der Waals surface area contributed by atoms with Gasteiger partial charge in [0.15, 0.2) is 0 Å². The largest absolute Gasteiger partial charge is 0.478 e. The molecule has 7 nitrogen and oxygen atoms in total. The van der Waals surface area contributed by atoms with Gasteiger partial charge in [0.25, 0.3) is 0 Å². The Hall–Kier alpha value is -2.41. The van der Waals surface area contributed by atoms with Crippen molar-refractivity contribution in [1.29, 1.82) is 0 Å². The molecule has 0 radical (unpaired) electrons. The predicted molar refractivity (Wildman–Crippen MR) is 105 cm³/mol. The molecule has 27 heavy (non-hydrogen) atoms. The van der Waals surface area contributed by atoms with Crippen LogP contribution in [0.2, 0.25) is 0 Å². The summed E-state index contributed by atoms with van der Waals surface area (Å²) in [6, 6.07) is 0. The van der Waals surface area contributed by atoms with Gasteiger partial charge in [-0.05, 0) is 34.1 Å². The average Bonchev–Trinajstić information content (AvgIpc) is 2.58. The Balaban J connectivity index is -0.000000356. The molecule has 0 unspecified atom stereocenters. The first kappa shape index (κ1) is 29.4. The van der Waals surface area contributed by atoms with E-state index in [0.29, 0.717) is 24.4 Å². The minimum absolute atomic E-state index is 0.0470. The molecular formula is C20H34O7. The molecule has 0 saturated heterocycles. The molecular weight excluding hydrogens is 352 g/mol. The van der Waals surface area contributed by atoms with Crippen LogP contribution in [-0.2, 0) is 28.6 Å². The topological polar surface area (TPSA) is 99.1 Å². The van der Waals surface area contributed by atoms with Gasteiger partial charge in [0.1, 0.15) is 6.61 Å². The maximum absolute atomic E-state index is 10.9. The zero-order valence-corrected chi connectivity index (χ0v) is 17.2. The summed E-state index contributed by atoms with van der Waals surface area (Å²) in [6.07, 6.45) is 2.95. The number of carbonyl (C=O) groups is 3. The van der Waals surface area contributed by atoms with Gasteiger partial charge in [0.2, 0.25) is 0 Å². The Labute approximate surface area is 162 Å². The molecule has 0 aliphatic heterocycles. The van der Waals surface area contributed by atoms with Gasteiger partial charge in [-0.2, -0.15) is 0 Å². The van der Waals surface area contributed by atoms with Crippen molar-refractivity contribution in [1.82, 2.24) is 0 Å². The molecule has 0 fully saturated rings. The smallest absolute Gasteiger partial charge is 0.333 e. The van der Waals surface area contributed by atoms with Crippen molar-refractivity contribution in [2.45, 2.75) is 53.6 Å². The highest BCUT2D eigenvalue weighted by molar-refractivity contribution is 5.87. The zero-order valence-electron chi connectivity index (χ0n) is 17.2. The lowest BCUT2D eigenvalue weighted by atomic mass is 10.3. The van der Waals surface area contributed by atoms with E-state index < -0.39 is 5.97 Å². The maximum atomic E-state index is 10.9. The molecule has 0 aliphatic rings. The van der Waals surface area contributed by atoms with Crippen molar-refractivity contribution < 1.29 is 33.7 Å². The summed E-state index contributed by atoms with van der Waals surface area (Å²) in [5, 5.41) is 7.60. The minimum Gasteiger partial charge on any atom is -0.478 e. The second-order valence-electron chi connectivity index (χ2n) is 5.66. The fraction of sp³-hybridized carbons (Fsp3) is 0.550. The number of hydrogen-bond donors (Lipinski definition) is 1. The van der Waals surface area contributed by atoms with Crippen LogP contribution < -0.4 is 0 Å². The summed E-state index contributed by atoms with van der Waals surface area (Å²) in [5.74, 6) is -1.64. The van der Waals surface area contributed by atoms with Crippen molar-refractivity contribution in [2.75, 3.05) is 19.8 Å². The van der Waals surface area contributed by atoms with Crippen molar-refractivity contribution in [3.63, 3.8) is 0 Å². The summed E-state index contributed by atoms with van der Waals surface area (Å²) in [6.45, 7) is 20.4. The molecule has 0 atom stereocenters. The van der Waals surface area contributed by atoms with Gasteiger partial charge in [-0.15, -0.1) is 0 Å². The van der Waals surface area contributed by atoms with E-state index >= 15 is 0 Å². The van der Waals surface area contributed by atoms with Crippen LogP contribution >= 0.6 is 0 Å². The molecule has 1 N–H and O–H groups in total. The third kappa shape index (κ3) is 28.7. The molecule has 0 aromatic rings. The lowest BCUT2D eigenvalue weighted by Gasteiger charge is -2.05. The Morgan fingerprint density at radius 2 is 1.48 bits per heavy atom. The third-order valence-electron chi connectivity index (χ3n) is 2.32. The van der Waals surface area contributed by atoms with Crippen molar-refractivity contribution >= 4 is 17.9 Å². The van der Waals surface area contributed by atoms with Crippen molar-refractivity contribution in [3.8, 4) is 0 Å². The lowest BCUT2D eigenvalue weighted by Crippen LogP contribution is -2.11. The minimum atomic E-state index is -0.981. The quantitative estimate of drug-likeness (QED) is 0.347. The van der Waals surface area contributed by atoms with Crippen molar-refractivity contribution in [2.24, 2.45) is 0 Å². The van der Waals surface area contributed by atoms with Gasteiger partial charge in [0, 0.05) is 23.8 Å². The summed E-state index contributed by atoms with van der Waals surface area (Å²) < 4.78 is 14.8. The summed E-state index contributed by atoms with van der Waals surface area (Å²) in [7, 11) is 0. The van der Waals surface area contributed by atoms with Crippen molar-refractivity contribution in [3.05, 3.63) is 37.0 Å². The summed E-state index contributed by atoms with van der Waals surface area (Å²) in [5.41, 5.74) is 0.872. The summed E-state index contributed by atoms with van der Waals surface area (Å²) in [4.78, 5) is 30.7. The Morgan fingerprint density at radius 3 is 1.78 bits per heavy atom. The van der Waals surface area contributed by atoms with E-state index in [0.717, 1.165) is 25.5 Å². The molecule has 0 heterocycles. The van der Waals surface area contributed by atoms with E-state index in [-0.39, 0.29) is 18.0 Å². The molecule has 0 aromatic carbocycles. The van der Waals surface area contributed by atoms with E-state index in [4.69, 9.17) is 19.3 Å². The molecule has 0 aliphatic carbocycles. The number of esters is 2. The molecule has 0 rings (SSSR count). The van der Waals surface area contributed by atoms with Gasteiger partial charge in [-0.3, -0.25) is 0 Å². The second-order valence-corrected chi connectivity index (χ2v) is 5.66. The number of ether oxygens (including phenoxy) is 3. The zero-order chi connectivity index (χ0) is 21.8. The first-order valence-corrected chi connectivity index (χ1v) is 8.61. The number of carboxylic acids is 1. The normalized spacial score (nSPS) is 8.96. The number of aliphatic carboxylic acids is 1. The van der Waals surface area contributed by atoms with Crippen LogP contribution in [0.3, 0.4) is 0 Å². The SMILES string of the molecule is C=C(C)C(=O)OC(C)C.C=C(C)C(=O)OCCOCCCC.C=CC(=O)O. The van der Waals surface area contributed by atoms with Gasteiger partial charge in [0.05, 0.1) is 12.7 Å². The van der Waals surface area contributed by atoms with Crippen LogP contribution in [0.1, 0.15) is 47.5 Å². The lowest BCUT2D eigenvalue weighted by molar-refractivity contribution is -0.142. The van der Waals surface area contributed by atoms with E-state index in [1.54, 1.807) is 27.7 Å². The average molecular weight is 386 g/mol. The van der Waals surface area contributed by atoms with Crippen LogP contribution in [0, 0.1) is 0 Å². The maximum Gasteiger partial charge on any atom is 0.333 e. The number of rotatable bonds is 10. The van der Waals surface area contributed by atoms with Crippen LogP contribution in [-0.4, -0.2) is 48.9 Å². The first-order valence-electron chi connectivity index (χ1n) is 8.61. The third-order valence-corrected chi connectivity index (χ3v) is 2.32. The highest BCUT2D eigenvalue weighted by Gasteiger charge is 2.03. The molecule has 0 aromatic heterocycles. The monoisotopic (exact) mass is 386 g/mol. The van der Waals surface area contributed by atoms with Crippen LogP contribution in [0.4, 0.5) is 0 Å². The number of hydrogen-bond acceptors (Lipinski definition) is 6. The first-order chi connectivity index (χ1) is 12.5. The van der Waals surface area contributed by atoms with Gasteiger partial charge >= 0.3 is 17.9 Å². The Morgan fingerprint density at radius 1 is 1.00 bits per heavy atom. The molecule has 156 valence electrons. The second kappa shape index (κ2) is 19.9. The van der Waals surface area contributed by atoms with E-state index in [9.17, 15) is 14.4 Å². The van der Waals surface area contributed by atoms with Gasteiger partial charge in [-0.25, -0.2) is 14.4 Å². The highest BCUT2D eigenvalue weighted by atomic mass is 16.6. The van der Waals surface area contributed by atoms with Crippen LogP contribution in [0.5, 0.6) is 0 Å². The van der Waals surface area contributed by atoms with E-state index in [1.165, 1.54) is 0 Å². The molecule has 7 heteroatoms. The highest BCUT2D eigenvalue weighted by Crippen LogP contribution is 1.96. The van der Waals surface area contributed by atoms with Gasteiger partial charge in [-0.1, -0.05) is 33.1 Å².